The van der Waals surface area contributed by atoms with E-state index in [2.05, 4.69) is 76.8 Å². The number of aryl methyl sites for hydroxylation is 1. The Kier molecular flexibility index (Phi) is 3.92. The van der Waals surface area contributed by atoms with Crippen molar-refractivity contribution in [2.75, 3.05) is 0 Å². The molecule has 2 aromatic carbocycles. The lowest BCUT2D eigenvalue weighted by Crippen LogP contribution is -2.30. The highest BCUT2D eigenvalue weighted by Crippen LogP contribution is 2.54. The van der Waals surface area contributed by atoms with E-state index in [0.29, 0.717) is 11.8 Å². The van der Waals surface area contributed by atoms with Crippen molar-refractivity contribution >= 4 is 15.9 Å². The van der Waals surface area contributed by atoms with Crippen LogP contribution in [0.2, 0.25) is 0 Å². The third-order valence-corrected chi connectivity index (χ3v) is 5.32. The minimum atomic E-state index is 0.203. The van der Waals surface area contributed by atoms with Gasteiger partial charge in [-0.3, -0.25) is 11.3 Å². The highest BCUT2D eigenvalue weighted by molar-refractivity contribution is 9.10. The summed E-state index contributed by atoms with van der Waals surface area (Å²) < 4.78 is 1.17. The van der Waals surface area contributed by atoms with Crippen LogP contribution < -0.4 is 11.3 Å². The number of nitrogens with one attached hydrogen (secondary N) is 1. The van der Waals surface area contributed by atoms with E-state index < -0.39 is 0 Å². The molecule has 0 bridgehead atoms. The molecule has 0 heterocycles. The molecular formula is C17H19BrN2. The molecule has 2 aromatic rings. The summed E-state index contributed by atoms with van der Waals surface area (Å²) in [4.78, 5) is 0. The van der Waals surface area contributed by atoms with Crippen LogP contribution in [0.3, 0.4) is 0 Å². The average Bonchev–Trinajstić information content (AvgIpc) is 3.26. The van der Waals surface area contributed by atoms with Crippen molar-refractivity contribution in [3.8, 4) is 0 Å². The van der Waals surface area contributed by atoms with Crippen molar-refractivity contribution < 1.29 is 0 Å². The van der Waals surface area contributed by atoms with Gasteiger partial charge in [0.05, 0.1) is 6.04 Å². The Morgan fingerprint density at radius 2 is 1.90 bits per heavy atom. The Bertz CT molecular complexity index is 597. The molecule has 2 nitrogen and oxygen atoms in total. The van der Waals surface area contributed by atoms with E-state index in [1.54, 1.807) is 0 Å². The predicted octanol–water partition coefficient (Wildman–Crippen LogP) is 4.07. The fourth-order valence-corrected chi connectivity index (χ4v) is 3.53. The van der Waals surface area contributed by atoms with E-state index in [1.165, 1.54) is 27.6 Å². The third kappa shape index (κ3) is 2.53. The number of halogens is 1. The lowest BCUT2D eigenvalue weighted by molar-refractivity contribution is 0.485. The van der Waals surface area contributed by atoms with Crippen molar-refractivity contribution in [3.63, 3.8) is 0 Å². The molecule has 0 spiro atoms. The second kappa shape index (κ2) is 5.68. The molecule has 1 fully saturated rings. The van der Waals surface area contributed by atoms with Gasteiger partial charge in [0.15, 0.2) is 0 Å². The normalized spacial score (nSPS) is 22.6. The first-order valence-corrected chi connectivity index (χ1v) is 7.77. The van der Waals surface area contributed by atoms with Gasteiger partial charge in [-0.2, -0.15) is 0 Å². The van der Waals surface area contributed by atoms with Gasteiger partial charge in [0.1, 0.15) is 0 Å². The Balaban J connectivity index is 1.84. The van der Waals surface area contributed by atoms with Gasteiger partial charge in [0.2, 0.25) is 0 Å². The van der Waals surface area contributed by atoms with Crippen LogP contribution in [0.5, 0.6) is 0 Å². The Morgan fingerprint density at radius 3 is 2.60 bits per heavy atom. The Labute approximate surface area is 128 Å². The maximum absolute atomic E-state index is 5.83. The van der Waals surface area contributed by atoms with Gasteiger partial charge in [0, 0.05) is 4.47 Å². The summed E-state index contributed by atoms with van der Waals surface area (Å²) in [6, 6.07) is 17.3. The molecule has 0 aliphatic heterocycles. The highest BCUT2D eigenvalue weighted by Gasteiger charge is 2.44. The topological polar surface area (TPSA) is 38.0 Å². The average molecular weight is 331 g/mol. The van der Waals surface area contributed by atoms with Gasteiger partial charge < -0.3 is 0 Å². The molecule has 3 atom stereocenters. The van der Waals surface area contributed by atoms with Crippen LogP contribution >= 0.6 is 15.9 Å². The van der Waals surface area contributed by atoms with Crippen molar-refractivity contribution in [2.24, 2.45) is 11.8 Å². The molecule has 1 aliphatic rings. The SMILES string of the molecule is Cc1cccc(C(NN)C2CC2c2ccccc2)c1Br. The largest absolute Gasteiger partial charge is 0.271 e. The van der Waals surface area contributed by atoms with E-state index in [0.717, 1.165) is 0 Å². The van der Waals surface area contributed by atoms with Crippen molar-refractivity contribution in [3.05, 3.63) is 69.7 Å². The first kappa shape index (κ1) is 13.8. The molecule has 1 saturated carbocycles. The zero-order valence-electron chi connectivity index (χ0n) is 11.5. The van der Waals surface area contributed by atoms with Crippen LogP contribution in [-0.4, -0.2) is 0 Å². The molecule has 3 unspecified atom stereocenters. The van der Waals surface area contributed by atoms with Crippen LogP contribution in [0.25, 0.3) is 0 Å². The van der Waals surface area contributed by atoms with E-state index in [4.69, 9.17) is 5.84 Å². The Morgan fingerprint density at radius 1 is 1.15 bits per heavy atom. The molecule has 0 radical (unpaired) electrons. The van der Waals surface area contributed by atoms with Gasteiger partial charge in [-0.05, 0) is 41.9 Å². The van der Waals surface area contributed by atoms with Crippen LogP contribution in [0.4, 0.5) is 0 Å². The summed E-state index contributed by atoms with van der Waals surface area (Å²) in [7, 11) is 0. The minimum Gasteiger partial charge on any atom is -0.271 e. The number of hydrazine groups is 1. The van der Waals surface area contributed by atoms with E-state index in [-0.39, 0.29) is 6.04 Å². The zero-order valence-corrected chi connectivity index (χ0v) is 13.1. The van der Waals surface area contributed by atoms with Gasteiger partial charge in [-0.15, -0.1) is 0 Å². The smallest absolute Gasteiger partial charge is 0.0505 e. The van der Waals surface area contributed by atoms with Crippen molar-refractivity contribution in [1.29, 1.82) is 0 Å². The molecule has 3 rings (SSSR count). The summed E-state index contributed by atoms with van der Waals surface area (Å²) in [5.74, 6) is 7.02. The van der Waals surface area contributed by atoms with Crippen molar-refractivity contribution in [1.82, 2.24) is 5.43 Å². The zero-order chi connectivity index (χ0) is 14.1. The monoisotopic (exact) mass is 330 g/mol. The van der Waals surface area contributed by atoms with E-state index in [9.17, 15) is 0 Å². The second-order valence-electron chi connectivity index (χ2n) is 5.54. The third-order valence-electron chi connectivity index (χ3n) is 4.23. The van der Waals surface area contributed by atoms with Crippen molar-refractivity contribution in [2.45, 2.75) is 25.3 Å². The molecular weight excluding hydrogens is 312 g/mol. The molecule has 0 aromatic heterocycles. The van der Waals surface area contributed by atoms with Crippen LogP contribution in [0.1, 0.15) is 35.1 Å². The summed E-state index contributed by atoms with van der Waals surface area (Å²) in [6.45, 7) is 2.11. The summed E-state index contributed by atoms with van der Waals surface area (Å²) in [5.41, 5.74) is 6.95. The molecule has 3 heteroatoms. The molecule has 3 N–H and O–H groups in total. The first-order valence-electron chi connectivity index (χ1n) is 6.98. The predicted molar refractivity (Wildman–Crippen MR) is 86.2 cm³/mol. The molecule has 20 heavy (non-hydrogen) atoms. The molecule has 0 amide bonds. The number of rotatable bonds is 4. The maximum Gasteiger partial charge on any atom is 0.0505 e. The lowest BCUT2D eigenvalue weighted by Gasteiger charge is -2.19. The fourth-order valence-electron chi connectivity index (χ4n) is 3.02. The lowest BCUT2D eigenvalue weighted by atomic mass is 9.98. The summed E-state index contributed by atoms with van der Waals surface area (Å²) in [6.07, 6.45) is 1.19. The maximum atomic E-state index is 5.83. The molecule has 104 valence electrons. The molecule has 1 aliphatic carbocycles. The standard InChI is InChI=1S/C17H19BrN2/c1-11-6-5-9-13(16(11)18)17(20-19)15-10-14(15)12-7-3-2-4-8-12/h2-9,14-15,17,20H,10,19H2,1H3. The number of hydrogen-bond donors (Lipinski definition) is 2. The number of benzene rings is 2. The van der Waals surface area contributed by atoms with Gasteiger partial charge in [-0.25, -0.2) is 0 Å². The van der Waals surface area contributed by atoms with Crippen LogP contribution in [0, 0.1) is 12.8 Å². The van der Waals surface area contributed by atoms with Gasteiger partial charge >= 0.3 is 0 Å². The van der Waals surface area contributed by atoms with E-state index >= 15 is 0 Å². The number of nitrogens with two attached hydrogens (primary N) is 1. The fraction of sp³-hybridized carbons (Fsp3) is 0.294. The second-order valence-corrected chi connectivity index (χ2v) is 6.33. The van der Waals surface area contributed by atoms with Crippen LogP contribution in [0.15, 0.2) is 53.0 Å². The van der Waals surface area contributed by atoms with Gasteiger partial charge in [-0.1, -0.05) is 64.5 Å². The minimum absolute atomic E-state index is 0.203. The summed E-state index contributed by atoms with van der Waals surface area (Å²) in [5, 5.41) is 0. The van der Waals surface area contributed by atoms with Crippen LogP contribution in [-0.2, 0) is 0 Å². The first-order chi connectivity index (χ1) is 9.72. The van der Waals surface area contributed by atoms with Gasteiger partial charge in [0.25, 0.3) is 0 Å². The Hall–Kier alpha value is -1.16. The summed E-state index contributed by atoms with van der Waals surface area (Å²) >= 11 is 3.70. The quantitative estimate of drug-likeness (QED) is 0.655. The van der Waals surface area contributed by atoms with E-state index in [1.807, 2.05) is 0 Å². The highest BCUT2D eigenvalue weighted by atomic mass is 79.9. The number of hydrogen-bond acceptors (Lipinski definition) is 2. The molecule has 0 saturated heterocycles.